The van der Waals surface area contributed by atoms with E-state index in [1.54, 1.807) is 0 Å². The Morgan fingerprint density at radius 1 is 1.29 bits per heavy atom. The van der Waals surface area contributed by atoms with E-state index < -0.39 is 12.9 Å². The highest BCUT2D eigenvalue weighted by Crippen LogP contribution is 2.26. The molecule has 1 saturated carbocycles. The molecule has 0 aliphatic heterocycles. The van der Waals surface area contributed by atoms with Gasteiger partial charge in [0.25, 0.3) is 0 Å². The Balaban J connectivity index is 2.00. The molecule has 0 aromatic heterocycles. The molecular formula is C12H16BFO3. The second-order valence-corrected chi connectivity index (χ2v) is 4.53. The van der Waals surface area contributed by atoms with Gasteiger partial charge in [-0.05, 0) is 36.4 Å². The van der Waals surface area contributed by atoms with Crippen LogP contribution in [0, 0.1) is 11.7 Å². The summed E-state index contributed by atoms with van der Waals surface area (Å²) in [5.41, 5.74) is 0.243. The molecule has 2 N–H and O–H groups in total. The Kier molecular flexibility index (Phi) is 4.02. The molecular weight excluding hydrogens is 222 g/mol. The molecule has 1 aromatic rings. The van der Waals surface area contributed by atoms with Gasteiger partial charge in [-0.25, -0.2) is 4.39 Å². The van der Waals surface area contributed by atoms with Crippen LogP contribution in [-0.2, 0) is 0 Å². The normalized spacial score (nSPS) is 16.2. The lowest BCUT2D eigenvalue weighted by atomic mass is 9.80. The minimum absolute atomic E-state index is 0.0995. The third kappa shape index (κ3) is 3.20. The Labute approximate surface area is 100 Å². The molecule has 0 radical (unpaired) electrons. The summed E-state index contributed by atoms with van der Waals surface area (Å²) >= 11 is 0. The number of benzene rings is 1. The van der Waals surface area contributed by atoms with E-state index in [9.17, 15) is 4.39 Å². The zero-order valence-corrected chi connectivity index (χ0v) is 9.60. The summed E-state index contributed by atoms with van der Waals surface area (Å²) in [6.07, 6.45) is 4.69. The fraction of sp³-hybridized carbons (Fsp3) is 0.500. The summed E-state index contributed by atoms with van der Waals surface area (Å²) < 4.78 is 18.8. The van der Waals surface area contributed by atoms with Crippen molar-refractivity contribution in [2.75, 3.05) is 6.61 Å². The fourth-order valence-corrected chi connectivity index (χ4v) is 2.18. The van der Waals surface area contributed by atoms with Crippen molar-refractivity contribution < 1.29 is 19.2 Å². The molecule has 17 heavy (non-hydrogen) atoms. The lowest BCUT2D eigenvalue weighted by molar-refractivity contribution is 0.242. The van der Waals surface area contributed by atoms with Gasteiger partial charge >= 0.3 is 7.12 Å². The van der Waals surface area contributed by atoms with Crippen molar-refractivity contribution >= 4 is 12.6 Å². The van der Waals surface area contributed by atoms with Crippen LogP contribution in [0.15, 0.2) is 18.2 Å². The first-order chi connectivity index (χ1) is 8.16. The molecule has 0 bridgehead atoms. The first-order valence-corrected chi connectivity index (χ1v) is 5.95. The van der Waals surface area contributed by atoms with E-state index >= 15 is 0 Å². The van der Waals surface area contributed by atoms with Gasteiger partial charge < -0.3 is 14.8 Å². The zero-order chi connectivity index (χ0) is 12.3. The molecule has 0 heterocycles. The second-order valence-electron chi connectivity index (χ2n) is 4.53. The van der Waals surface area contributed by atoms with Gasteiger partial charge in [0.2, 0.25) is 0 Å². The first kappa shape index (κ1) is 12.4. The van der Waals surface area contributed by atoms with E-state index in [4.69, 9.17) is 14.8 Å². The van der Waals surface area contributed by atoms with Gasteiger partial charge in [-0.2, -0.15) is 0 Å². The summed E-state index contributed by atoms with van der Waals surface area (Å²) in [6.45, 7) is 0.502. The third-order valence-electron chi connectivity index (χ3n) is 3.20. The van der Waals surface area contributed by atoms with Crippen molar-refractivity contribution in [2.24, 2.45) is 5.92 Å². The Morgan fingerprint density at radius 2 is 2.00 bits per heavy atom. The van der Waals surface area contributed by atoms with Gasteiger partial charge in [0.1, 0.15) is 0 Å². The van der Waals surface area contributed by atoms with Crippen molar-refractivity contribution in [1.82, 2.24) is 0 Å². The van der Waals surface area contributed by atoms with Crippen LogP contribution in [0.4, 0.5) is 4.39 Å². The Bertz CT molecular complexity index is 378. The van der Waals surface area contributed by atoms with Crippen LogP contribution in [0.1, 0.15) is 25.7 Å². The smallest absolute Gasteiger partial charge is 0.488 e. The standard InChI is InChI=1S/C12H16BFO3/c14-11-6-5-10(13(15)16)7-12(11)17-8-9-3-1-2-4-9/h5-7,9,15-16H,1-4,8H2. The third-order valence-corrected chi connectivity index (χ3v) is 3.20. The van der Waals surface area contributed by atoms with E-state index in [0.29, 0.717) is 12.5 Å². The second kappa shape index (κ2) is 5.51. The summed E-state index contributed by atoms with van der Waals surface area (Å²) in [5.74, 6) is 0.131. The fourth-order valence-electron chi connectivity index (χ4n) is 2.18. The molecule has 0 atom stereocenters. The maximum atomic E-state index is 13.4. The average molecular weight is 238 g/mol. The van der Waals surface area contributed by atoms with Crippen LogP contribution in [0.2, 0.25) is 0 Å². The maximum Gasteiger partial charge on any atom is 0.488 e. The van der Waals surface area contributed by atoms with Gasteiger partial charge in [0, 0.05) is 0 Å². The van der Waals surface area contributed by atoms with E-state index in [1.807, 2.05) is 0 Å². The van der Waals surface area contributed by atoms with E-state index in [1.165, 1.54) is 31.0 Å². The topological polar surface area (TPSA) is 49.7 Å². The molecule has 1 aliphatic carbocycles. The monoisotopic (exact) mass is 238 g/mol. The van der Waals surface area contributed by atoms with Crippen LogP contribution in [0.5, 0.6) is 5.75 Å². The van der Waals surface area contributed by atoms with Gasteiger partial charge in [0.05, 0.1) is 6.61 Å². The highest BCUT2D eigenvalue weighted by atomic mass is 19.1. The van der Waals surface area contributed by atoms with Gasteiger partial charge in [-0.3, -0.25) is 0 Å². The van der Waals surface area contributed by atoms with E-state index in [0.717, 1.165) is 12.8 Å². The summed E-state index contributed by atoms with van der Waals surface area (Å²) in [4.78, 5) is 0. The molecule has 92 valence electrons. The van der Waals surface area contributed by atoms with Crippen LogP contribution >= 0.6 is 0 Å². The average Bonchev–Trinajstić information content (AvgIpc) is 2.80. The molecule has 3 nitrogen and oxygen atoms in total. The zero-order valence-electron chi connectivity index (χ0n) is 9.60. The van der Waals surface area contributed by atoms with Crippen LogP contribution in [0.25, 0.3) is 0 Å². The molecule has 1 fully saturated rings. The van der Waals surface area contributed by atoms with Gasteiger partial charge in [0.15, 0.2) is 11.6 Å². The summed E-state index contributed by atoms with van der Waals surface area (Å²) in [7, 11) is -1.59. The quantitative estimate of drug-likeness (QED) is 0.771. The number of rotatable bonds is 4. The first-order valence-electron chi connectivity index (χ1n) is 5.95. The van der Waals surface area contributed by atoms with Crippen molar-refractivity contribution in [3.05, 3.63) is 24.0 Å². The van der Waals surface area contributed by atoms with Crippen LogP contribution < -0.4 is 10.2 Å². The maximum absolute atomic E-state index is 13.4. The van der Waals surface area contributed by atoms with Gasteiger partial charge in [-0.1, -0.05) is 18.9 Å². The van der Waals surface area contributed by atoms with Gasteiger partial charge in [-0.15, -0.1) is 0 Å². The van der Waals surface area contributed by atoms with Crippen LogP contribution in [-0.4, -0.2) is 23.8 Å². The predicted molar refractivity (Wildman–Crippen MR) is 63.7 cm³/mol. The Morgan fingerprint density at radius 3 is 2.65 bits per heavy atom. The van der Waals surface area contributed by atoms with E-state index in [2.05, 4.69) is 0 Å². The molecule has 5 heteroatoms. The molecule has 0 saturated heterocycles. The van der Waals surface area contributed by atoms with Crippen molar-refractivity contribution in [3.63, 3.8) is 0 Å². The molecule has 2 rings (SSSR count). The largest absolute Gasteiger partial charge is 0.490 e. The molecule has 1 aliphatic rings. The number of hydrogen-bond acceptors (Lipinski definition) is 3. The lowest BCUT2D eigenvalue weighted by Crippen LogP contribution is -2.30. The number of ether oxygens (including phenoxy) is 1. The van der Waals surface area contributed by atoms with Crippen LogP contribution in [0.3, 0.4) is 0 Å². The van der Waals surface area contributed by atoms with Crippen molar-refractivity contribution in [3.8, 4) is 5.75 Å². The highest BCUT2D eigenvalue weighted by Gasteiger charge is 2.18. The molecule has 1 aromatic carbocycles. The van der Waals surface area contributed by atoms with E-state index in [-0.39, 0.29) is 11.2 Å². The molecule has 0 unspecified atom stereocenters. The van der Waals surface area contributed by atoms with Crippen molar-refractivity contribution in [1.29, 1.82) is 0 Å². The minimum Gasteiger partial charge on any atom is -0.490 e. The minimum atomic E-state index is -1.59. The SMILES string of the molecule is OB(O)c1ccc(F)c(OCC2CCCC2)c1. The highest BCUT2D eigenvalue weighted by molar-refractivity contribution is 6.58. The molecule has 0 spiro atoms. The lowest BCUT2D eigenvalue weighted by Gasteiger charge is -2.12. The summed E-state index contributed by atoms with van der Waals surface area (Å²) in [5, 5.41) is 18.0. The Hall–Kier alpha value is -1.07. The predicted octanol–water partition coefficient (Wildman–Crippen LogP) is 1.07. The number of halogens is 1. The summed E-state index contributed by atoms with van der Waals surface area (Å²) in [6, 6.07) is 3.87. The van der Waals surface area contributed by atoms with Crippen molar-refractivity contribution in [2.45, 2.75) is 25.7 Å². The number of hydrogen-bond donors (Lipinski definition) is 2. The molecule has 0 amide bonds.